The Hall–Kier alpha value is -0.650. The first-order valence-electron chi connectivity index (χ1n) is 5.71. The summed E-state index contributed by atoms with van der Waals surface area (Å²) in [6.07, 6.45) is 2.35. The molecule has 3 rings (SSSR count). The molecule has 6 heteroatoms. The van der Waals surface area contributed by atoms with E-state index in [2.05, 4.69) is 26.1 Å². The topological polar surface area (TPSA) is 33.6 Å². The SMILES string of the molecule is Cc1cc(Br)c(-n2c(C3CC3)n[nH]c2=S)cc1Cl. The van der Waals surface area contributed by atoms with Gasteiger partial charge in [-0.15, -0.1) is 0 Å². The Morgan fingerprint density at radius 1 is 1.50 bits per heavy atom. The van der Waals surface area contributed by atoms with E-state index in [9.17, 15) is 0 Å². The van der Waals surface area contributed by atoms with Crippen LogP contribution in [0.15, 0.2) is 16.6 Å². The van der Waals surface area contributed by atoms with Gasteiger partial charge in [0, 0.05) is 15.4 Å². The lowest BCUT2D eigenvalue weighted by atomic mass is 10.2. The summed E-state index contributed by atoms with van der Waals surface area (Å²) in [5, 5.41) is 7.93. The normalized spacial score (nSPS) is 15.1. The van der Waals surface area contributed by atoms with Crippen LogP contribution < -0.4 is 0 Å². The summed E-state index contributed by atoms with van der Waals surface area (Å²) in [6, 6.07) is 3.93. The molecule has 1 saturated carbocycles. The summed E-state index contributed by atoms with van der Waals surface area (Å²) >= 11 is 15.1. The third-order valence-corrected chi connectivity index (χ3v) is 4.43. The fraction of sp³-hybridized carbons (Fsp3) is 0.333. The van der Waals surface area contributed by atoms with Gasteiger partial charge in [-0.3, -0.25) is 9.67 Å². The molecule has 1 aliphatic rings. The third-order valence-electron chi connectivity index (χ3n) is 3.11. The van der Waals surface area contributed by atoms with Crippen LogP contribution in [0, 0.1) is 11.7 Å². The fourth-order valence-electron chi connectivity index (χ4n) is 1.96. The molecular formula is C12H11BrClN3S. The Kier molecular flexibility index (Phi) is 3.08. The predicted octanol–water partition coefficient (Wildman–Crippen LogP) is 4.53. The van der Waals surface area contributed by atoms with Crippen molar-refractivity contribution in [2.75, 3.05) is 0 Å². The summed E-state index contributed by atoms with van der Waals surface area (Å²) in [5.74, 6) is 1.52. The predicted molar refractivity (Wildman–Crippen MR) is 78.2 cm³/mol. The molecule has 0 aliphatic heterocycles. The highest BCUT2D eigenvalue weighted by molar-refractivity contribution is 9.10. The maximum atomic E-state index is 6.20. The highest BCUT2D eigenvalue weighted by atomic mass is 79.9. The zero-order chi connectivity index (χ0) is 12.9. The second kappa shape index (κ2) is 4.47. The minimum absolute atomic E-state index is 0.518. The van der Waals surface area contributed by atoms with Crippen LogP contribution in [0.25, 0.3) is 5.69 Å². The molecule has 94 valence electrons. The summed E-state index contributed by atoms with van der Waals surface area (Å²) in [7, 11) is 0. The highest BCUT2D eigenvalue weighted by Crippen LogP contribution is 2.40. The van der Waals surface area contributed by atoms with E-state index in [1.807, 2.05) is 23.6 Å². The number of rotatable bonds is 2. The summed E-state index contributed by atoms with van der Waals surface area (Å²) in [6.45, 7) is 1.98. The van der Waals surface area contributed by atoms with Gasteiger partial charge in [0.25, 0.3) is 0 Å². The molecule has 0 saturated heterocycles. The van der Waals surface area contributed by atoms with Crippen molar-refractivity contribution < 1.29 is 0 Å². The van der Waals surface area contributed by atoms with Gasteiger partial charge in [0.05, 0.1) is 5.69 Å². The Morgan fingerprint density at radius 3 is 2.89 bits per heavy atom. The maximum absolute atomic E-state index is 6.20. The fourth-order valence-corrected chi connectivity index (χ4v) is 3.00. The van der Waals surface area contributed by atoms with Gasteiger partial charge in [-0.2, -0.15) is 5.10 Å². The number of H-pyrrole nitrogens is 1. The molecule has 1 fully saturated rings. The van der Waals surface area contributed by atoms with Crippen LogP contribution in [0.3, 0.4) is 0 Å². The van der Waals surface area contributed by atoms with E-state index >= 15 is 0 Å². The lowest BCUT2D eigenvalue weighted by Gasteiger charge is -2.10. The molecule has 0 amide bonds. The first-order chi connectivity index (χ1) is 8.58. The van der Waals surface area contributed by atoms with Crippen LogP contribution in [-0.2, 0) is 0 Å². The van der Waals surface area contributed by atoms with Crippen molar-refractivity contribution in [3.05, 3.63) is 37.8 Å². The number of aromatic amines is 1. The summed E-state index contributed by atoms with van der Waals surface area (Å²) in [5.41, 5.74) is 1.99. The maximum Gasteiger partial charge on any atom is 0.199 e. The van der Waals surface area contributed by atoms with Crippen molar-refractivity contribution >= 4 is 39.7 Å². The average Bonchev–Trinajstić information content (AvgIpc) is 3.09. The molecular weight excluding hydrogens is 334 g/mol. The van der Waals surface area contributed by atoms with Gasteiger partial charge in [0.15, 0.2) is 4.77 Å². The largest absolute Gasteiger partial charge is 0.271 e. The van der Waals surface area contributed by atoms with E-state index < -0.39 is 0 Å². The van der Waals surface area contributed by atoms with Gasteiger partial charge < -0.3 is 0 Å². The molecule has 1 aromatic heterocycles. The molecule has 1 heterocycles. The second-order valence-electron chi connectivity index (χ2n) is 4.55. The number of benzene rings is 1. The van der Waals surface area contributed by atoms with Crippen LogP contribution in [0.5, 0.6) is 0 Å². The molecule has 1 aromatic carbocycles. The highest BCUT2D eigenvalue weighted by Gasteiger charge is 2.30. The smallest absolute Gasteiger partial charge is 0.199 e. The number of aryl methyl sites for hydroxylation is 1. The van der Waals surface area contributed by atoms with Crippen molar-refractivity contribution in [2.45, 2.75) is 25.7 Å². The van der Waals surface area contributed by atoms with Gasteiger partial charge in [-0.25, -0.2) is 0 Å². The molecule has 0 radical (unpaired) electrons. The van der Waals surface area contributed by atoms with Gasteiger partial charge in [-0.05, 0) is 65.6 Å². The first kappa shape index (κ1) is 12.4. The van der Waals surface area contributed by atoms with Crippen LogP contribution in [0.1, 0.15) is 30.1 Å². The standard InChI is InChI=1S/C12H11BrClN3S/c1-6-4-8(13)10(5-9(6)14)17-11(7-2-3-7)15-16-12(17)18/h4-5,7H,2-3H2,1H3,(H,16,18). The summed E-state index contributed by atoms with van der Waals surface area (Å²) in [4.78, 5) is 0. The number of nitrogens with zero attached hydrogens (tertiary/aromatic N) is 2. The van der Waals surface area contributed by atoms with Crippen molar-refractivity contribution in [1.29, 1.82) is 0 Å². The molecule has 0 spiro atoms. The molecule has 18 heavy (non-hydrogen) atoms. The zero-order valence-electron chi connectivity index (χ0n) is 9.70. The summed E-state index contributed by atoms with van der Waals surface area (Å²) < 4.78 is 3.56. The number of aromatic nitrogens is 3. The van der Waals surface area contributed by atoms with E-state index in [1.165, 1.54) is 12.8 Å². The minimum atomic E-state index is 0.518. The first-order valence-corrected chi connectivity index (χ1v) is 7.29. The zero-order valence-corrected chi connectivity index (χ0v) is 12.9. The van der Waals surface area contributed by atoms with E-state index in [1.54, 1.807) is 0 Å². The van der Waals surface area contributed by atoms with E-state index in [0.717, 1.165) is 26.6 Å². The van der Waals surface area contributed by atoms with Crippen molar-refractivity contribution in [3.8, 4) is 5.69 Å². The molecule has 3 nitrogen and oxygen atoms in total. The number of hydrogen-bond donors (Lipinski definition) is 1. The lowest BCUT2D eigenvalue weighted by Crippen LogP contribution is -2.01. The van der Waals surface area contributed by atoms with Crippen LogP contribution in [0.4, 0.5) is 0 Å². The van der Waals surface area contributed by atoms with Gasteiger partial charge in [0.1, 0.15) is 5.82 Å². The second-order valence-corrected chi connectivity index (χ2v) is 6.20. The molecule has 1 N–H and O–H groups in total. The Morgan fingerprint density at radius 2 is 2.22 bits per heavy atom. The molecule has 0 unspecified atom stereocenters. The van der Waals surface area contributed by atoms with Gasteiger partial charge in [0.2, 0.25) is 0 Å². The van der Waals surface area contributed by atoms with Crippen molar-refractivity contribution in [1.82, 2.24) is 14.8 Å². The lowest BCUT2D eigenvalue weighted by molar-refractivity contribution is 0.866. The van der Waals surface area contributed by atoms with Crippen LogP contribution in [0.2, 0.25) is 5.02 Å². The minimum Gasteiger partial charge on any atom is -0.271 e. The quantitative estimate of drug-likeness (QED) is 0.812. The average molecular weight is 345 g/mol. The molecule has 0 atom stereocenters. The van der Waals surface area contributed by atoms with E-state index in [0.29, 0.717) is 10.7 Å². The van der Waals surface area contributed by atoms with Crippen molar-refractivity contribution in [3.63, 3.8) is 0 Å². The Balaban J connectivity index is 2.23. The van der Waals surface area contributed by atoms with Gasteiger partial charge in [-0.1, -0.05) is 11.6 Å². The molecule has 2 aromatic rings. The van der Waals surface area contributed by atoms with Crippen LogP contribution >= 0.6 is 39.7 Å². The van der Waals surface area contributed by atoms with E-state index in [-0.39, 0.29) is 0 Å². The number of hydrogen-bond acceptors (Lipinski definition) is 2. The molecule has 1 aliphatic carbocycles. The number of halogens is 2. The van der Waals surface area contributed by atoms with Crippen molar-refractivity contribution in [2.24, 2.45) is 0 Å². The third kappa shape index (κ3) is 2.04. The monoisotopic (exact) mass is 343 g/mol. The van der Waals surface area contributed by atoms with Gasteiger partial charge >= 0.3 is 0 Å². The molecule has 0 bridgehead atoms. The van der Waals surface area contributed by atoms with E-state index in [4.69, 9.17) is 23.8 Å². The Bertz CT molecular complexity index is 672. The Labute approximate surface area is 123 Å². The van der Waals surface area contributed by atoms with Crippen LogP contribution in [-0.4, -0.2) is 14.8 Å². The number of nitrogens with one attached hydrogen (secondary N) is 1.